The predicted molar refractivity (Wildman–Crippen MR) is 83.8 cm³/mol. The zero-order chi connectivity index (χ0) is 15.9. The average molecular weight is 301 g/mol. The van der Waals surface area contributed by atoms with Crippen molar-refractivity contribution in [3.63, 3.8) is 0 Å². The van der Waals surface area contributed by atoms with Crippen LogP contribution in [0.3, 0.4) is 0 Å². The molecular weight excluding hydrogens is 282 g/mol. The second kappa shape index (κ2) is 7.46. The molecule has 7 nitrogen and oxygen atoms in total. The first-order valence-corrected chi connectivity index (χ1v) is 6.85. The molecule has 2 heterocycles. The van der Waals surface area contributed by atoms with Crippen molar-refractivity contribution in [3.8, 4) is 0 Å². The molecule has 0 saturated carbocycles. The van der Waals surface area contributed by atoms with Crippen molar-refractivity contribution in [1.82, 2.24) is 20.0 Å². The van der Waals surface area contributed by atoms with Crippen molar-refractivity contribution < 1.29 is 9.53 Å². The van der Waals surface area contributed by atoms with Gasteiger partial charge in [0.15, 0.2) is 0 Å². The lowest BCUT2D eigenvalue weighted by Crippen LogP contribution is -2.22. The summed E-state index contributed by atoms with van der Waals surface area (Å²) in [6, 6.07) is 3.82. The number of nitrogens with zero attached hydrogens (tertiary/aromatic N) is 5. The van der Waals surface area contributed by atoms with Crippen molar-refractivity contribution >= 4 is 17.7 Å². The lowest BCUT2D eigenvalue weighted by Gasteiger charge is -2.17. The molecule has 116 valence electrons. The van der Waals surface area contributed by atoms with Gasteiger partial charge in [-0.2, -0.15) is 0 Å². The maximum atomic E-state index is 12.0. The minimum absolute atomic E-state index is 0.145. The second-order valence-corrected chi connectivity index (χ2v) is 4.80. The van der Waals surface area contributed by atoms with E-state index in [0.29, 0.717) is 12.3 Å². The summed E-state index contributed by atoms with van der Waals surface area (Å²) < 4.78 is 6.48. The monoisotopic (exact) mass is 301 g/mol. The first-order valence-electron chi connectivity index (χ1n) is 6.85. The molecule has 0 unspecified atom stereocenters. The van der Waals surface area contributed by atoms with E-state index in [1.807, 2.05) is 24.1 Å². The summed E-state index contributed by atoms with van der Waals surface area (Å²) in [6.07, 6.45) is 6.38. The second-order valence-electron chi connectivity index (χ2n) is 4.80. The van der Waals surface area contributed by atoms with E-state index >= 15 is 0 Å². The van der Waals surface area contributed by atoms with E-state index in [0.717, 1.165) is 17.9 Å². The quantitative estimate of drug-likeness (QED) is 0.565. The molecule has 0 radical (unpaired) electrons. The zero-order valence-electron chi connectivity index (χ0n) is 12.9. The maximum absolute atomic E-state index is 12.0. The summed E-state index contributed by atoms with van der Waals surface area (Å²) in [6.45, 7) is 1.41. The van der Waals surface area contributed by atoms with Gasteiger partial charge in [0.1, 0.15) is 11.5 Å². The van der Waals surface area contributed by atoms with Crippen LogP contribution in [0.1, 0.15) is 16.1 Å². The van der Waals surface area contributed by atoms with Crippen LogP contribution < -0.4 is 4.90 Å². The molecule has 0 spiro atoms. The summed E-state index contributed by atoms with van der Waals surface area (Å²) in [5.74, 6) is 0.713. The summed E-state index contributed by atoms with van der Waals surface area (Å²) in [7, 11) is 5.31. The molecule has 0 aliphatic heterocycles. The molecule has 0 aliphatic carbocycles. The van der Waals surface area contributed by atoms with Gasteiger partial charge in [-0.25, -0.2) is 9.67 Å². The molecule has 0 atom stereocenters. The summed E-state index contributed by atoms with van der Waals surface area (Å²) in [5, 5.41) is 7.42. The van der Waals surface area contributed by atoms with Crippen LogP contribution in [0.4, 0.5) is 5.82 Å². The number of aryl methyl sites for hydroxylation is 1. The Kier molecular flexibility index (Phi) is 5.37. The number of carbonyl (C=O) groups is 1. The molecule has 2 rings (SSSR count). The van der Waals surface area contributed by atoms with Gasteiger partial charge in [0.05, 0.1) is 12.8 Å². The Morgan fingerprint density at radius 1 is 1.41 bits per heavy atom. The maximum Gasteiger partial charge on any atom is 0.205 e. The van der Waals surface area contributed by atoms with Gasteiger partial charge >= 0.3 is 0 Å². The topological polar surface area (TPSA) is 73.1 Å². The molecule has 22 heavy (non-hydrogen) atoms. The predicted octanol–water partition coefficient (Wildman–Crippen LogP) is 1.19. The lowest BCUT2D eigenvalue weighted by atomic mass is 10.2. The third kappa shape index (κ3) is 3.98. The smallest absolute Gasteiger partial charge is 0.205 e. The molecule has 0 fully saturated rings. The fourth-order valence-corrected chi connectivity index (χ4v) is 1.83. The van der Waals surface area contributed by atoms with Gasteiger partial charge in [0, 0.05) is 33.9 Å². The van der Waals surface area contributed by atoms with Gasteiger partial charge in [-0.1, -0.05) is 5.21 Å². The van der Waals surface area contributed by atoms with E-state index < -0.39 is 0 Å². The first-order chi connectivity index (χ1) is 10.6. The van der Waals surface area contributed by atoms with Crippen LogP contribution in [0, 0.1) is 0 Å². The molecule has 0 bridgehead atoms. The SMILES string of the molecule is COCCN(C)c1ccc(/C=C/C(=O)c2cnnn2C)cn1. The van der Waals surface area contributed by atoms with Gasteiger partial charge < -0.3 is 9.64 Å². The summed E-state index contributed by atoms with van der Waals surface area (Å²) in [5.41, 5.74) is 1.30. The molecule has 2 aromatic heterocycles. The zero-order valence-corrected chi connectivity index (χ0v) is 12.9. The molecule has 0 aromatic carbocycles. The minimum atomic E-state index is -0.145. The lowest BCUT2D eigenvalue weighted by molar-refractivity contribution is 0.103. The Balaban J connectivity index is 2.00. The van der Waals surface area contributed by atoms with Gasteiger partial charge in [0.2, 0.25) is 5.78 Å². The number of likely N-dealkylation sites (N-methyl/N-ethyl adjacent to an activating group) is 1. The Bertz CT molecular complexity index is 648. The first kappa shape index (κ1) is 15.8. The van der Waals surface area contributed by atoms with Crippen molar-refractivity contribution in [2.45, 2.75) is 0 Å². The van der Waals surface area contributed by atoms with Crippen molar-refractivity contribution in [1.29, 1.82) is 0 Å². The average Bonchev–Trinajstić information content (AvgIpc) is 2.97. The highest BCUT2D eigenvalue weighted by atomic mass is 16.5. The Morgan fingerprint density at radius 2 is 2.23 bits per heavy atom. The standard InChI is InChI=1S/C15H19N5O2/c1-19(8-9-22-3)15-7-5-12(10-16-15)4-6-14(21)13-11-17-18-20(13)2/h4-7,10-11H,8-9H2,1-3H3/b6-4+. The van der Waals surface area contributed by atoms with E-state index in [4.69, 9.17) is 4.74 Å². The van der Waals surface area contributed by atoms with Crippen LogP contribution in [0.15, 0.2) is 30.6 Å². The number of methoxy groups -OCH3 is 1. The van der Waals surface area contributed by atoms with Crippen molar-refractivity contribution in [3.05, 3.63) is 41.9 Å². The molecule has 7 heteroatoms. The molecule has 0 saturated heterocycles. The van der Waals surface area contributed by atoms with E-state index in [2.05, 4.69) is 15.3 Å². The number of hydrogen-bond acceptors (Lipinski definition) is 6. The van der Waals surface area contributed by atoms with E-state index in [-0.39, 0.29) is 5.78 Å². The van der Waals surface area contributed by atoms with Crippen molar-refractivity contribution in [2.75, 3.05) is 32.2 Å². The summed E-state index contributed by atoms with van der Waals surface area (Å²) in [4.78, 5) is 18.3. The molecule has 2 aromatic rings. The number of aromatic nitrogens is 4. The van der Waals surface area contributed by atoms with E-state index in [1.54, 1.807) is 26.4 Å². The third-order valence-corrected chi connectivity index (χ3v) is 3.19. The summed E-state index contributed by atoms with van der Waals surface area (Å²) >= 11 is 0. The molecule has 0 aliphatic rings. The largest absolute Gasteiger partial charge is 0.383 e. The highest BCUT2D eigenvalue weighted by Gasteiger charge is 2.07. The Labute approximate surface area is 129 Å². The number of carbonyl (C=O) groups excluding carboxylic acids is 1. The van der Waals surface area contributed by atoms with Gasteiger partial charge in [-0.05, 0) is 29.8 Å². The molecule has 0 N–H and O–H groups in total. The van der Waals surface area contributed by atoms with Crippen LogP contribution in [-0.2, 0) is 11.8 Å². The number of rotatable bonds is 7. The third-order valence-electron chi connectivity index (χ3n) is 3.19. The van der Waals surface area contributed by atoms with Gasteiger partial charge in [-0.3, -0.25) is 4.79 Å². The van der Waals surface area contributed by atoms with E-state index in [1.165, 1.54) is 17.0 Å². The number of ether oxygens (including phenoxy) is 1. The van der Waals surface area contributed by atoms with Crippen LogP contribution >= 0.6 is 0 Å². The number of anilines is 1. The minimum Gasteiger partial charge on any atom is -0.383 e. The van der Waals surface area contributed by atoms with E-state index in [9.17, 15) is 4.79 Å². The normalized spacial score (nSPS) is 11.0. The van der Waals surface area contributed by atoms with Crippen LogP contribution in [0.2, 0.25) is 0 Å². The Morgan fingerprint density at radius 3 is 2.82 bits per heavy atom. The van der Waals surface area contributed by atoms with Crippen LogP contribution in [-0.4, -0.2) is 53.1 Å². The Hall–Kier alpha value is -2.54. The van der Waals surface area contributed by atoms with Crippen molar-refractivity contribution in [2.24, 2.45) is 7.05 Å². The molecular formula is C15H19N5O2. The van der Waals surface area contributed by atoms with Gasteiger partial charge in [-0.15, -0.1) is 5.10 Å². The number of ketones is 1. The number of allylic oxidation sites excluding steroid dienone is 1. The highest BCUT2D eigenvalue weighted by Crippen LogP contribution is 2.11. The fraction of sp³-hybridized carbons (Fsp3) is 0.333. The number of hydrogen-bond donors (Lipinski definition) is 0. The van der Waals surface area contributed by atoms with Gasteiger partial charge in [0.25, 0.3) is 0 Å². The molecule has 0 amide bonds. The van der Waals surface area contributed by atoms with Crippen LogP contribution in [0.25, 0.3) is 6.08 Å². The highest BCUT2D eigenvalue weighted by molar-refractivity contribution is 6.05. The fourth-order valence-electron chi connectivity index (χ4n) is 1.83. The number of pyridine rings is 1. The van der Waals surface area contributed by atoms with Crippen LogP contribution in [0.5, 0.6) is 0 Å².